The van der Waals surface area contributed by atoms with Crippen LogP contribution >= 0.6 is 0 Å². The summed E-state index contributed by atoms with van der Waals surface area (Å²) in [5.74, 6) is 8.34. The summed E-state index contributed by atoms with van der Waals surface area (Å²) in [6.45, 7) is 3.59. The highest BCUT2D eigenvalue weighted by Crippen LogP contribution is 2.44. The Morgan fingerprint density at radius 1 is 0.873 bits per heavy atom. The smallest absolute Gasteiger partial charge is 0.271 e. The van der Waals surface area contributed by atoms with Crippen molar-refractivity contribution < 1.29 is 14.5 Å². The molecule has 1 aromatic heterocycles. The Balaban J connectivity index is 1.16. The molecule has 7 nitrogen and oxygen atoms in total. The molecule has 0 bridgehead atoms. The largest absolute Gasteiger partial charge is 0.393 e. The summed E-state index contributed by atoms with van der Waals surface area (Å²) in [7, 11) is 0. The van der Waals surface area contributed by atoms with Crippen LogP contribution in [0.15, 0.2) is 89.9 Å². The average molecular weight is 737 g/mol. The standard InChI is InChI=1S/C48H57N5O2/c1-2-3-4-5-6-9-18-32-50-43(55)27-17-8-7-12-20-37-21-19-22-39(33-37)35-53-46(41-25-15-11-16-26-41)44(40-23-13-10-14-24-40)45-47(49)52(36-51-48(45)53)34-38-28-30-42(54)31-29-38/h10-11,13-16,19,21-26,33-34,36,38,42,49,54H,2-9,17-18,27-32,35H2,1H3/p+1. The van der Waals surface area contributed by atoms with Gasteiger partial charge in [-0.05, 0) is 73.8 Å². The van der Waals surface area contributed by atoms with Crippen LogP contribution in [-0.4, -0.2) is 51.2 Å². The number of rotatable bonds is 17. The number of aliphatic imine (C=N–C) groups is 1. The first-order valence-electron chi connectivity index (χ1n) is 20.7. The molecule has 0 saturated heterocycles. The molecule has 1 aliphatic heterocycles. The van der Waals surface area contributed by atoms with Gasteiger partial charge in [0, 0.05) is 36.4 Å². The highest BCUT2D eigenvalue weighted by Gasteiger charge is 2.35. The molecule has 286 valence electrons. The average Bonchev–Trinajstić information content (AvgIpc) is 3.54. The van der Waals surface area contributed by atoms with E-state index in [1.54, 1.807) is 6.34 Å². The number of fused-ring (bicyclic) bond motifs is 1. The lowest BCUT2D eigenvalue weighted by Gasteiger charge is -2.22. The van der Waals surface area contributed by atoms with E-state index in [1.165, 1.54) is 38.5 Å². The van der Waals surface area contributed by atoms with E-state index in [0.717, 1.165) is 103 Å². The summed E-state index contributed by atoms with van der Waals surface area (Å²) in [4.78, 5) is 17.4. The van der Waals surface area contributed by atoms with Crippen LogP contribution in [-0.2, 0) is 11.3 Å². The maximum atomic E-state index is 12.3. The van der Waals surface area contributed by atoms with Crippen molar-refractivity contribution in [2.75, 3.05) is 6.54 Å². The number of amidine groups is 1. The molecule has 2 heterocycles. The number of carbonyl (C=O) groups excluding carboxylic acids is 1. The maximum absolute atomic E-state index is 12.3. The lowest BCUT2D eigenvalue weighted by molar-refractivity contribution is -0.256. The summed E-state index contributed by atoms with van der Waals surface area (Å²) in [6, 6.07) is 29.2. The second-order valence-corrected chi connectivity index (χ2v) is 15.1. The Hall–Kier alpha value is -5.06. The lowest BCUT2D eigenvalue weighted by Crippen LogP contribution is -2.29. The highest BCUT2D eigenvalue weighted by molar-refractivity contribution is 6.11. The molecular weight excluding hydrogens is 679 g/mol. The number of aromatic nitrogens is 1. The van der Waals surface area contributed by atoms with Crippen molar-refractivity contribution in [3.05, 3.63) is 102 Å². The number of aliphatic hydroxyl groups is 1. The summed E-state index contributed by atoms with van der Waals surface area (Å²) < 4.78 is 4.15. The third-order valence-electron chi connectivity index (χ3n) is 10.8. The Kier molecular flexibility index (Phi) is 14.8. The maximum Gasteiger partial charge on any atom is 0.271 e. The molecule has 2 aliphatic rings. The monoisotopic (exact) mass is 736 g/mol. The van der Waals surface area contributed by atoms with Gasteiger partial charge in [0.15, 0.2) is 0 Å². The number of aliphatic hydroxyl groups excluding tert-OH is 1. The molecule has 1 saturated carbocycles. The molecule has 0 radical (unpaired) electrons. The number of nitrogens with zero attached hydrogens (tertiary/aromatic N) is 3. The number of unbranched alkanes of at least 4 members (excludes halogenated alkanes) is 8. The molecule has 1 aliphatic carbocycles. The minimum atomic E-state index is -0.226. The number of hydrogen-bond acceptors (Lipinski definition) is 4. The number of hydrogen-bond donors (Lipinski definition) is 3. The van der Waals surface area contributed by atoms with E-state index in [1.807, 2.05) is 16.7 Å². The zero-order valence-electron chi connectivity index (χ0n) is 32.6. The van der Waals surface area contributed by atoms with Crippen LogP contribution in [0.2, 0.25) is 0 Å². The third-order valence-corrected chi connectivity index (χ3v) is 10.8. The second kappa shape index (κ2) is 20.6. The first-order valence-corrected chi connectivity index (χ1v) is 20.7. The predicted molar refractivity (Wildman–Crippen MR) is 226 cm³/mol. The van der Waals surface area contributed by atoms with Gasteiger partial charge in [-0.25, -0.2) is 4.58 Å². The van der Waals surface area contributed by atoms with Crippen LogP contribution in [0.4, 0.5) is 5.82 Å². The summed E-state index contributed by atoms with van der Waals surface area (Å²) >= 11 is 0. The van der Waals surface area contributed by atoms with Crippen LogP contribution < -0.4 is 5.32 Å². The molecule has 55 heavy (non-hydrogen) atoms. The predicted octanol–water partition coefficient (Wildman–Crippen LogP) is 10.3. The van der Waals surface area contributed by atoms with E-state index in [-0.39, 0.29) is 12.0 Å². The fourth-order valence-corrected chi connectivity index (χ4v) is 7.79. The molecule has 6 rings (SSSR count). The number of nitrogens with one attached hydrogen (secondary N) is 2. The Morgan fingerprint density at radius 3 is 2.33 bits per heavy atom. The van der Waals surface area contributed by atoms with E-state index in [4.69, 9.17) is 4.99 Å². The molecule has 1 fully saturated rings. The molecule has 0 unspecified atom stereocenters. The zero-order valence-corrected chi connectivity index (χ0v) is 32.6. The van der Waals surface area contributed by atoms with Gasteiger partial charge in [0.25, 0.3) is 5.84 Å². The Morgan fingerprint density at radius 2 is 1.58 bits per heavy atom. The fourth-order valence-electron chi connectivity index (χ4n) is 7.79. The SMILES string of the molecule is CCCCCCCCCNC(=O)CCCCC#Cc1cccc(Cn2c3c(c(-c4ccccc4)c2-c2ccccc2)C(=N)[N+](=CC2CCC(O)CC2)C=N3)c1. The van der Waals surface area contributed by atoms with Crippen molar-refractivity contribution in [3.63, 3.8) is 0 Å². The molecule has 7 heteroatoms. The molecular formula is C48H58N5O2+. The topological polar surface area (TPSA) is 93.5 Å². The van der Waals surface area contributed by atoms with Crippen LogP contribution in [0.1, 0.15) is 120 Å². The second-order valence-electron chi connectivity index (χ2n) is 15.1. The molecule has 0 atom stereocenters. The van der Waals surface area contributed by atoms with Gasteiger partial charge in [-0.3, -0.25) is 4.79 Å². The van der Waals surface area contributed by atoms with E-state index < -0.39 is 0 Å². The zero-order chi connectivity index (χ0) is 38.2. The van der Waals surface area contributed by atoms with Gasteiger partial charge < -0.3 is 15.0 Å². The highest BCUT2D eigenvalue weighted by atomic mass is 16.3. The Labute approximate surface area is 328 Å². The van der Waals surface area contributed by atoms with Gasteiger partial charge >= 0.3 is 0 Å². The van der Waals surface area contributed by atoms with Crippen molar-refractivity contribution in [1.29, 1.82) is 5.41 Å². The number of benzene rings is 3. The normalized spacial score (nSPS) is 17.1. The van der Waals surface area contributed by atoms with Gasteiger partial charge in [-0.2, -0.15) is 5.41 Å². The van der Waals surface area contributed by atoms with E-state index in [9.17, 15) is 15.3 Å². The van der Waals surface area contributed by atoms with Gasteiger partial charge in [0.2, 0.25) is 18.1 Å². The van der Waals surface area contributed by atoms with E-state index in [0.29, 0.717) is 24.7 Å². The van der Waals surface area contributed by atoms with Gasteiger partial charge in [0.05, 0.1) is 24.6 Å². The number of carbonyl (C=O) groups is 1. The van der Waals surface area contributed by atoms with Crippen LogP contribution in [0, 0.1) is 23.2 Å². The fraction of sp³-hybridized carbons (Fsp3) is 0.417. The first kappa shape index (κ1) is 39.6. The molecule has 0 spiro atoms. The molecule has 3 N–H and O–H groups in total. The third kappa shape index (κ3) is 11.0. The molecule has 1 amide bonds. The minimum Gasteiger partial charge on any atom is -0.393 e. The van der Waals surface area contributed by atoms with Crippen molar-refractivity contribution in [1.82, 2.24) is 9.88 Å². The van der Waals surface area contributed by atoms with E-state index in [2.05, 4.69) is 108 Å². The van der Waals surface area contributed by atoms with Gasteiger partial charge in [0.1, 0.15) is 5.56 Å². The van der Waals surface area contributed by atoms with Crippen LogP contribution in [0.25, 0.3) is 22.4 Å². The van der Waals surface area contributed by atoms with E-state index >= 15 is 0 Å². The van der Waals surface area contributed by atoms with Crippen molar-refractivity contribution in [2.45, 2.75) is 116 Å². The summed E-state index contributed by atoms with van der Waals surface area (Å²) in [5.41, 5.74) is 7.04. The van der Waals surface area contributed by atoms with Crippen molar-refractivity contribution in [2.24, 2.45) is 10.9 Å². The van der Waals surface area contributed by atoms with Crippen LogP contribution in [0.5, 0.6) is 0 Å². The van der Waals surface area contributed by atoms with Crippen molar-refractivity contribution >= 4 is 30.1 Å². The lowest BCUT2D eigenvalue weighted by atomic mass is 9.88. The molecule has 4 aromatic rings. The van der Waals surface area contributed by atoms with Crippen molar-refractivity contribution in [3.8, 4) is 34.2 Å². The summed E-state index contributed by atoms with van der Waals surface area (Å²) in [6.07, 6.45) is 18.9. The first-order chi connectivity index (χ1) is 27.0. The molecule has 3 aromatic carbocycles. The van der Waals surface area contributed by atoms with Gasteiger partial charge in [-0.1, -0.05) is 135 Å². The number of amides is 1. The Bertz CT molecular complexity index is 1990. The summed E-state index contributed by atoms with van der Waals surface area (Å²) in [5, 5.41) is 22.7. The van der Waals surface area contributed by atoms with Gasteiger partial charge in [-0.15, -0.1) is 0 Å². The van der Waals surface area contributed by atoms with Crippen LogP contribution in [0.3, 0.4) is 0 Å². The minimum absolute atomic E-state index is 0.152. The quantitative estimate of drug-likeness (QED) is 0.0572.